The van der Waals surface area contributed by atoms with Crippen LogP contribution in [0.5, 0.6) is 11.5 Å². The van der Waals surface area contributed by atoms with E-state index in [0.717, 1.165) is 0 Å². The molecule has 0 saturated carbocycles. The molecule has 0 heterocycles. The number of fused-ring (bicyclic) bond motifs is 1. The molecule has 38 heavy (non-hydrogen) atoms. The number of phenolic OH excluding ortho intramolecular Hbond substituents is 1. The first-order valence-corrected chi connectivity index (χ1v) is 13.3. The van der Waals surface area contributed by atoms with Crippen LogP contribution in [0, 0.1) is 0 Å². The number of ether oxygens (including phenoxy) is 1. The van der Waals surface area contributed by atoms with E-state index in [1.807, 2.05) is 0 Å². The molecule has 0 unspecified atom stereocenters. The minimum atomic E-state index is -4.71. The average molecular weight is 574 g/mol. The Bertz CT molecular complexity index is 1710. The summed E-state index contributed by atoms with van der Waals surface area (Å²) in [5, 5.41) is 23.2. The number of amides is 1. The van der Waals surface area contributed by atoms with E-state index in [1.54, 1.807) is 43.3 Å². The molecule has 4 aromatic carbocycles. The molecular formula is C26H21Cl2N3O6S. The lowest BCUT2D eigenvalue weighted by Gasteiger charge is -2.13. The van der Waals surface area contributed by atoms with Gasteiger partial charge in [0.15, 0.2) is 5.75 Å². The molecule has 0 atom stereocenters. The fraction of sp³-hybridized carbons (Fsp3) is 0.115. The van der Waals surface area contributed by atoms with Crippen LogP contribution in [0.2, 0.25) is 10.0 Å². The van der Waals surface area contributed by atoms with Crippen LogP contribution in [0.4, 0.5) is 17.1 Å². The lowest BCUT2D eigenvalue weighted by molar-refractivity contribution is 0.102. The van der Waals surface area contributed by atoms with Crippen molar-refractivity contribution in [2.75, 3.05) is 12.4 Å². The highest BCUT2D eigenvalue weighted by Crippen LogP contribution is 2.42. The van der Waals surface area contributed by atoms with E-state index in [-0.39, 0.29) is 33.9 Å². The van der Waals surface area contributed by atoms with Gasteiger partial charge in [0.2, 0.25) is 0 Å². The molecule has 4 aromatic rings. The molecule has 3 N–H and O–H groups in total. The number of methoxy groups -OCH3 is 1. The van der Waals surface area contributed by atoms with Gasteiger partial charge < -0.3 is 15.2 Å². The van der Waals surface area contributed by atoms with Gasteiger partial charge in [-0.2, -0.15) is 8.42 Å². The van der Waals surface area contributed by atoms with E-state index < -0.39 is 26.7 Å². The summed E-state index contributed by atoms with van der Waals surface area (Å²) in [6, 6.07) is 15.8. The van der Waals surface area contributed by atoms with Gasteiger partial charge in [-0.15, -0.1) is 10.2 Å². The number of carbonyl (C=O) groups is 1. The Morgan fingerprint density at radius 1 is 1.03 bits per heavy atom. The van der Waals surface area contributed by atoms with E-state index >= 15 is 0 Å². The van der Waals surface area contributed by atoms with Gasteiger partial charge >= 0.3 is 0 Å². The lowest BCUT2D eigenvalue weighted by atomic mass is 10.0. The summed E-state index contributed by atoms with van der Waals surface area (Å²) < 4.78 is 39.4. The maximum absolute atomic E-state index is 13.2. The number of rotatable bonds is 7. The molecule has 196 valence electrons. The van der Waals surface area contributed by atoms with Crippen LogP contribution in [0.25, 0.3) is 10.8 Å². The highest BCUT2D eigenvalue weighted by molar-refractivity contribution is 7.86. The number of aryl methyl sites for hydroxylation is 1. The van der Waals surface area contributed by atoms with Crippen molar-refractivity contribution in [1.29, 1.82) is 0 Å². The fourth-order valence-corrected chi connectivity index (χ4v) is 5.25. The third-order valence-corrected chi connectivity index (χ3v) is 7.22. The summed E-state index contributed by atoms with van der Waals surface area (Å²) in [5.41, 5.74) is 0.0787. The highest BCUT2D eigenvalue weighted by atomic mass is 35.5. The molecule has 0 aromatic heterocycles. The summed E-state index contributed by atoms with van der Waals surface area (Å²) in [5.74, 6) is -0.863. The number of anilines is 1. The van der Waals surface area contributed by atoms with Gasteiger partial charge in [0.1, 0.15) is 22.0 Å². The minimum Gasteiger partial charge on any atom is -0.505 e. The minimum absolute atomic E-state index is 0.0777. The molecule has 4 rings (SSSR count). The quantitative estimate of drug-likeness (QED) is 0.156. The normalized spacial score (nSPS) is 11.7. The number of halogens is 2. The van der Waals surface area contributed by atoms with Gasteiger partial charge in [-0.05, 0) is 41.6 Å². The van der Waals surface area contributed by atoms with E-state index in [9.17, 15) is 22.9 Å². The third kappa shape index (κ3) is 5.44. The second-order valence-electron chi connectivity index (χ2n) is 8.05. The number of azo groups is 1. The van der Waals surface area contributed by atoms with Gasteiger partial charge in [-0.3, -0.25) is 9.35 Å². The maximum atomic E-state index is 13.2. The number of aromatic hydroxyl groups is 1. The van der Waals surface area contributed by atoms with Crippen molar-refractivity contribution in [2.45, 2.75) is 18.2 Å². The van der Waals surface area contributed by atoms with E-state index in [0.29, 0.717) is 27.2 Å². The Morgan fingerprint density at radius 2 is 1.74 bits per heavy atom. The van der Waals surface area contributed by atoms with Crippen LogP contribution in [-0.4, -0.2) is 31.1 Å². The zero-order valence-electron chi connectivity index (χ0n) is 20.1. The van der Waals surface area contributed by atoms with Crippen molar-refractivity contribution in [3.63, 3.8) is 0 Å². The third-order valence-electron chi connectivity index (χ3n) is 5.70. The van der Waals surface area contributed by atoms with Gasteiger partial charge in [-0.25, -0.2) is 0 Å². The fourth-order valence-electron chi connectivity index (χ4n) is 3.90. The summed E-state index contributed by atoms with van der Waals surface area (Å²) in [6.07, 6.45) is 0.271. The molecule has 9 nitrogen and oxygen atoms in total. The number of benzene rings is 4. The van der Waals surface area contributed by atoms with Crippen molar-refractivity contribution in [1.82, 2.24) is 0 Å². The summed E-state index contributed by atoms with van der Waals surface area (Å²) in [7, 11) is -3.28. The number of carbonyl (C=O) groups excluding carboxylic acids is 1. The van der Waals surface area contributed by atoms with Crippen LogP contribution >= 0.6 is 23.2 Å². The van der Waals surface area contributed by atoms with Crippen molar-refractivity contribution in [3.8, 4) is 11.5 Å². The monoisotopic (exact) mass is 573 g/mol. The zero-order chi connectivity index (χ0) is 27.6. The van der Waals surface area contributed by atoms with E-state index in [1.165, 1.54) is 31.4 Å². The number of nitrogens with zero attached hydrogens (tertiary/aromatic N) is 2. The smallest absolute Gasteiger partial charge is 0.297 e. The molecule has 0 radical (unpaired) electrons. The molecule has 0 aliphatic carbocycles. The molecular weight excluding hydrogens is 553 g/mol. The largest absolute Gasteiger partial charge is 0.505 e. The second-order valence-corrected chi connectivity index (χ2v) is 10.3. The first-order valence-electron chi connectivity index (χ1n) is 11.1. The molecule has 0 aliphatic heterocycles. The maximum Gasteiger partial charge on any atom is 0.297 e. The van der Waals surface area contributed by atoms with Gasteiger partial charge in [0.25, 0.3) is 16.0 Å². The van der Waals surface area contributed by atoms with E-state index in [4.69, 9.17) is 27.9 Å². The molecule has 0 bridgehead atoms. The molecule has 0 saturated heterocycles. The number of phenols is 1. The van der Waals surface area contributed by atoms with Crippen LogP contribution in [0.3, 0.4) is 0 Å². The summed E-state index contributed by atoms with van der Waals surface area (Å²) >= 11 is 12.2. The van der Waals surface area contributed by atoms with E-state index in [2.05, 4.69) is 15.5 Å². The Balaban J connectivity index is 1.87. The first kappa shape index (κ1) is 27.3. The molecule has 0 spiro atoms. The molecule has 12 heteroatoms. The zero-order valence-corrected chi connectivity index (χ0v) is 22.4. The molecule has 1 amide bonds. The lowest BCUT2D eigenvalue weighted by Crippen LogP contribution is -2.13. The van der Waals surface area contributed by atoms with Gasteiger partial charge in [0.05, 0.1) is 23.4 Å². The molecule has 0 fully saturated rings. The predicted octanol–water partition coefficient (Wildman–Crippen LogP) is 7.34. The molecule has 0 aliphatic rings. The number of hydrogen-bond acceptors (Lipinski definition) is 7. The second kappa shape index (κ2) is 11.0. The SMILES string of the molecule is CCc1ccc(Cl)c(N=Nc2c(O)c(C(=O)Nc3ccc(Cl)cc3OC)cc3ccccc23)c1S(=O)(=O)O. The Kier molecular flexibility index (Phi) is 7.89. The summed E-state index contributed by atoms with van der Waals surface area (Å²) in [6.45, 7) is 1.70. The van der Waals surface area contributed by atoms with Gasteiger partial charge in [0, 0.05) is 16.5 Å². The van der Waals surface area contributed by atoms with Crippen molar-refractivity contribution in [3.05, 3.63) is 81.8 Å². The van der Waals surface area contributed by atoms with Crippen LogP contribution in [0.1, 0.15) is 22.8 Å². The first-order chi connectivity index (χ1) is 18.0. The Morgan fingerprint density at radius 3 is 2.42 bits per heavy atom. The van der Waals surface area contributed by atoms with Gasteiger partial charge in [-0.1, -0.05) is 60.5 Å². The van der Waals surface area contributed by atoms with Crippen molar-refractivity contribution >= 4 is 67.1 Å². The highest BCUT2D eigenvalue weighted by Gasteiger charge is 2.24. The Hall–Kier alpha value is -3.70. The average Bonchev–Trinajstić information content (AvgIpc) is 2.88. The topological polar surface area (TPSA) is 138 Å². The Labute approximate surface area is 228 Å². The number of hydrogen-bond donors (Lipinski definition) is 3. The van der Waals surface area contributed by atoms with Crippen molar-refractivity contribution in [2.24, 2.45) is 10.2 Å². The van der Waals surface area contributed by atoms with Crippen molar-refractivity contribution < 1.29 is 27.6 Å². The van der Waals surface area contributed by atoms with Crippen LogP contribution in [0.15, 0.2) is 75.8 Å². The number of nitrogens with one attached hydrogen (secondary N) is 1. The predicted molar refractivity (Wildman–Crippen MR) is 146 cm³/mol. The van der Waals surface area contributed by atoms with Crippen LogP contribution < -0.4 is 10.1 Å². The standard InChI is InChI=1S/C26H21Cl2N3O6S/c1-3-14-8-10-19(28)23(25(14)38(34,35)36)31-30-22-17-7-5-4-6-15(17)12-18(24(22)32)26(33)29-20-11-9-16(27)13-21(20)37-2/h4-13,32H,3H2,1-2H3,(H,29,33)(H,34,35,36). The van der Waals surface area contributed by atoms with Crippen LogP contribution in [-0.2, 0) is 16.5 Å². The summed E-state index contributed by atoms with van der Waals surface area (Å²) in [4.78, 5) is 12.7.